The number of hydrogen-bond acceptors (Lipinski definition) is 6. The molecular formula is C21H23N3O6. The molecule has 4 amide bonds. The first-order valence-corrected chi connectivity index (χ1v) is 10.1. The topological polar surface area (TPSA) is 124 Å². The maximum absolute atomic E-state index is 13.0. The van der Waals surface area contributed by atoms with Gasteiger partial charge in [-0.1, -0.05) is 6.07 Å². The molecule has 2 atom stereocenters. The summed E-state index contributed by atoms with van der Waals surface area (Å²) in [5, 5.41) is 11.4. The van der Waals surface area contributed by atoms with E-state index >= 15 is 0 Å². The van der Waals surface area contributed by atoms with Crippen LogP contribution in [0.15, 0.2) is 18.2 Å². The first-order valence-electron chi connectivity index (χ1n) is 10.1. The lowest BCUT2D eigenvalue weighted by atomic mass is 9.87. The van der Waals surface area contributed by atoms with Crippen molar-refractivity contribution >= 4 is 29.6 Å². The Morgan fingerprint density at radius 1 is 1.07 bits per heavy atom. The summed E-state index contributed by atoms with van der Waals surface area (Å²) in [6.45, 7) is 2.96. The van der Waals surface area contributed by atoms with E-state index in [-0.39, 0.29) is 29.9 Å². The van der Waals surface area contributed by atoms with Gasteiger partial charge < -0.3 is 5.11 Å². The second kappa shape index (κ2) is 7.64. The molecule has 1 aromatic rings. The fourth-order valence-electron chi connectivity index (χ4n) is 4.52. The Morgan fingerprint density at radius 3 is 2.37 bits per heavy atom. The van der Waals surface area contributed by atoms with E-state index in [4.69, 9.17) is 0 Å². The molecule has 9 nitrogen and oxygen atoms in total. The van der Waals surface area contributed by atoms with Gasteiger partial charge in [-0.05, 0) is 62.9 Å². The normalized spacial score (nSPS) is 24.0. The lowest BCUT2D eigenvalue weighted by molar-refractivity contribution is -0.143. The molecule has 9 heteroatoms. The second-order valence-corrected chi connectivity index (χ2v) is 8.08. The Bertz CT molecular complexity index is 950. The number of nitrogens with zero attached hydrogens (tertiary/aromatic N) is 2. The minimum atomic E-state index is -0.973. The molecule has 0 bridgehead atoms. The molecule has 30 heavy (non-hydrogen) atoms. The number of rotatable bonds is 4. The third-order valence-electron chi connectivity index (χ3n) is 6.37. The average Bonchev–Trinajstić information content (AvgIpc) is 2.98. The Hall–Kier alpha value is -3.07. The molecule has 158 valence electrons. The van der Waals surface area contributed by atoms with Gasteiger partial charge in [-0.15, -0.1) is 0 Å². The Kier molecular flexibility index (Phi) is 5.15. The van der Waals surface area contributed by atoms with Crippen molar-refractivity contribution < 1.29 is 29.1 Å². The lowest BCUT2D eigenvalue weighted by Gasteiger charge is -2.34. The van der Waals surface area contributed by atoms with Crippen LogP contribution >= 0.6 is 0 Å². The summed E-state index contributed by atoms with van der Waals surface area (Å²) >= 11 is 0. The molecule has 3 heterocycles. The van der Waals surface area contributed by atoms with Gasteiger partial charge in [0.1, 0.15) is 12.1 Å². The summed E-state index contributed by atoms with van der Waals surface area (Å²) in [6.07, 6.45) is 1.73. The molecule has 0 saturated carbocycles. The molecule has 2 unspecified atom stereocenters. The van der Waals surface area contributed by atoms with Crippen molar-refractivity contribution in [2.24, 2.45) is 0 Å². The zero-order valence-corrected chi connectivity index (χ0v) is 16.6. The number of aliphatic carboxylic acids is 1. The number of carboxylic acid groups (broad SMARTS) is 1. The third-order valence-corrected chi connectivity index (χ3v) is 6.37. The predicted octanol–water partition coefficient (Wildman–Crippen LogP) is 0.740. The first kappa shape index (κ1) is 20.2. The molecular weight excluding hydrogens is 390 g/mol. The number of imide groups is 2. The number of hydrogen-bond donors (Lipinski definition) is 2. The fourth-order valence-corrected chi connectivity index (χ4v) is 4.52. The van der Waals surface area contributed by atoms with Crippen LogP contribution in [0.2, 0.25) is 0 Å². The van der Waals surface area contributed by atoms with Crippen molar-refractivity contribution in [1.29, 1.82) is 0 Å². The minimum absolute atomic E-state index is 0.0857. The number of carbonyl (C=O) groups excluding carboxylic acids is 4. The first-order chi connectivity index (χ1) is 14.3. The van der Waals surface area contributed by atoms with Gasteiger partial charge in [0.15, 0.2) is 0 Å². The molecule has 3 aliphatic heterocycles. The van der Waals surface area contributed by atoms with Crippen LogP contribution in [-0.4, -0.2) is 69.7 Å². The van der Waals surface area contributed by atoms with Crippen LogP contribution in [0.25, 0.3) is 0 Å². The monoisotopic (exact) mass is 413 g/mol. The molecule has 2 fully saturated rings. The summed E-state index contributed by atoms with van der Waals surface area (Å²) in [5.41, 5.74) is 1.48. The van der Waals surface area contributed by atoms with Crippen LogP contribution in [0.4, 0.5) is 0 Å². The molecule has 1 aromatic carbocycles. The molecule has 4 rings (SSSR count). The van der Waals surface area contributed by atoms with E-state index < -0.39 is 41.7 Å². The van der Waals surface area contributed by atoms with Gasteiger partial charge in [-0.3, -0.25) is 39.1 Å². The summed E-state index contributed by atoms with van der Waals surface area (Å²) in [4.78, 5) is 63.3. The Labute approximate surface area is 173 Å². The van der Waals surface area contributed by atoms with Crippen LogP contribution in [0, 0.1) is 0 Å². The number of amides is 4. The fraction of sp³-hybridized carbons (Fsp3) is 0.476. The molecule has 2 N–H and O–H groups in total. The number of nitrogens with one attached hydrogen (secondary N) is 1. The smallest absolute Gasteiger partial charge is 0.320 e. The third kappa shape index (κ3) is 3.39. The van der Waals surface area contributed by atoms with Crippen molar-refractivity contribution in [2.75, 3.05) is 13.1 Å². The highest BCUT2D eigenvalue weighted by Gasteiger charge is 2.44. The molecule has 0 radical (unpaired) electrons. The van der Waals surface area contributed by atoms with Crippen LogP contribution in [0.3, 0.4) is 0 Å². The van der Waals surface area contributed by atoms with Crippen LogP contribution < -0.4 is 5.32 Å². The minimum Gasteiger partial charge on any atom is -0.480 e. The van der Waals surface area contributed by atoms with E-state index in [0.29, 0.717) is 13.1 Å². The van der Waals surface area contributed by atoms with E-state index in [1.807, 2.05) is 11.0 Å². The van der Waals surface area contributed by atoms with Crippen molar-refractivity contribution in [3.8, 4) is 0 Å². The molecule has 0 aromatic heterocycles. The van der Waals surface area contributed by atoms with Gasteiger partial charge in [0, 0.05) is 6.42 Å². The number of piperidine rings is 2. The van der Waals surface area contributed by atoms with E-state index in [0.717, 1.165) is 23.3 Å². The molecule has 0 aliphatic carbocycles. The maximum Gasteiger partial charge on any atom is 0.320 e. The zero-order chi connectivity index (χ0) is 21.6. The maximum atomic E-state index is 13.0. The molecule has 3 aliphatic rings. The van der Waals surface area contributed by atoms with Crippen molar-refractivity contribution in [3.63, 3.8) is 0 Å². The summed E-state index contributed by atoms with van der Waals surface area (Å²) in [6, 6.07) is 3.68. The van der Waals surface area contributed by atoms with E-state index in [1.165, 1.54) is 0 Å². The highest BCUT2D eigenvalue weighted by molar-refractivity contribution is 6.23. The number of likely N-dealkylation sites (tertiary alicyclic amines) is 1. The van der Waals surface area contributed by atoms with E-state index in [9.17, 15) is 29.1 Å². The van der Waals surface area contributed by atoms with Gasteiger partial charge >= 0.3 is 5.97 Å². The largest absolute Gasteiger partial charge is 0.480 e. The average molecular weight is 413 g/mol. The molecule has 2 saturated heterocycles. The predicted molar refractivity (Wildman–Crippen MR) is 104 cm³/mol. The van der Waals surface area contributed by atoms with Gasteiger partial charge in [-0.25, -0.2) is 0 Å². The Morgan fingerprint density at radius 2 is 1.73 bits per heavy atom. The number of carboxylic acids is 1. The molecule has 0 spiro atoms. The quantitative estimate of drug-likeness (QED) is 0.698. The summed E-state index contributed by atoms with van der Waals surface area (Å²) < 4.78 is 0. The van der Waals surface area contributed by atoms with Gasteiger partial charge in [0.25, 0.3) is 11.8 Å². The van der Waals surface area contributed by atoms with Crippen molar-refractivity contribution in [3.05, 3.63) is 34.9 Å². The van der Waals surface area contributed by atoms with Gasteiger partial charge in [-0.2, -0.15) is 0 Å². The number of fused-ring (bicyclic) bond motifs is 1. The van der Waals surface area contributed by atoms with Gasteiger partial charge in [0.2, 0.25) is 11.8 Å². The lowest BCUT2D eigenvalue weighted by Crippen LogP contribution is -2.54. The zero-order valence-electron chi connectivity index (χ0n) is 16.6. The summed E-state index contributed by atoms with van der Waals surface area (Å²) in [5.74, 6) is -2.73. The van der Waals surface area contributed by atoms with Crippen LogP contribution in [0.1, 0.15) is 64.8 Å². The Balaban J connectivity index is 1.51. The number of benzene rings is 1. The standard InChI is InChI=1S/C21H23N3O6/c1-11(21(29)30)23-8-6-12(7-9-23)13-2-3-14-15(10-13)20(28)24(19(14)27)16-4-5-17(25)22-18(16)26/h2-3,10-12,16H,4-9H2,1H3,(H,29,30)(H,22,25,26). The highest BCUT2D eigenvalue weighted by atomic mass is 16.4. The van der Waals surface area contributed by atoms with Crippen molar-refractivity contribution in [1.82, 2.24) is 15.1 Å². The SMILES string of the molecule is CC(C(=O)O)N1CCC(c2ccc3c(c2)C(=O)N(C2CCC(=O)NC2=O)C3=O)CC1. The van der Waals surface area contributed by atoms with Crippen LogP contribution in [0.5, 0.6) is 0 Å². The summed E-state index contributed by atoms with van der Waals surface area (Å²) in [7, 11) is 0. The van der Waals surface area contributed by atoms with Crippen molar-refractivity contribution in [2.45, 2.75) is 50.6 Å². The van der Waals surface area contributed by atoms with E-state index in [1.54, 1.807) is 19.1 Å². The number of carbonyl (C=O) groups is 5. The highest BCUT2D eigenvalue weighted by Crippen LogP contribution is 2.34. The van der Waals surface area contributed by atoms with Crippen LogP contribution in [-0.2, 0) is 14.4 Å². The second-order valence-electron chi connectivity index (χ2n) is 8.08. The van der Waals surface area contributed by atoms with E-state index in [2.05, 4.69) is 5.32 Å². The van der Waals surface area contributed by atoms with Gasteiger partial charge in [0.05, 0.1) is 11.1 Å².